The Kier molecular flexibility index (Phi) is 6.78. The molecule has 0 bridgehead atoms. The predicted molar refractivity (Wildman–Crippen MR) is 169 cm³/mol. The third-order valence-corrected chi connectivity index (χ3v) is 11.4. The van der Waals surface area contributed by atoms with E-state index in [0.717, 1.165) is 30.7 Å². The second-order valence-corrected chi connectivity index (χ2v) is 14.5. The van der Waals surface area contributed by atoms with Crippen LogP contribution in [0.4, 0.5) is 24.0 Å². The number of nitrogens with zero attached hydrogens (tertiary/aromatic N) is 5. The molecule has 4 aliphatic rings. The molecule has 3 N–H and O–H groups in total. The lowest BCUT2D eigenvalue weighted by molar-refractivity contribution is -0.0313. The molecule has 8 rings (SSSR count). The molecule has 0 amide bonds. The van der Waals surface area contributed by atoms with E-state index in [4.69, 9.17) is 31.8 Å². The third-order valence-electron chi connectivity index (χ3n) is 10.0. The molecule has 9 nitrogen and oxygen atoms in total. The smallest absolute Gasteiger partial charge is 0.319 e. The molecule has 4 aromatic rings. The van der Waals surface area contributed by atoms with E-state index in [-0.39, 0.29) is 78.7 Å². The van der Waals surface area contributed by atoms with Gasteiger partial charge in [0.2, 0.25) is 0 Å². The highest BCUT2D eigenvalue weighted by Gasteiger charge is 2.50. The van der Waals surface area contributed by atoms with Crippen molar-refractivity contribution in [3.8, 4) is 29.0 Å². The molecule has 46 heavy (non-hydrogen) atoms. The number of hydrogen-bond acceptors (Lipinski definition) is 10. The minimum Gasteiger partial charge on any atom is -0.489 e. The fourth-order valence-corrected chi connectivity index (χ4v) is 9.20. The third kappa shape index (κ3) is 4.41. The Morgan fingerprint density at radius 1 is 1.24 bits per heavy atom. The maximum Gasteiger partial charge on any atom is 0.319 e. The Labute approximate surface area is 271 Å². The highest BCUT2D eigenvalue weighted by Crippen LogP contribution is 2.52. The van der Waals surface area contributed by atoms with Gasteiger partial charge in [0.15, 0.2) is 11.6 Å². The molecule has 3 aliphatic heterocycles. The number of ether oxygens (including phenoxy) is 2. The molecule has 2 saturated heterocycles. The van der Waals surface area contributed by atoms with Crippen molar-refractivity contribution in [2.24, 2.45) is 0 Å². The van der Waals surface area contributed by atoms with Crippen LogP contribution in [0.25, 0.3) is 32.1 Å². The van der Waals surface area contributed by atoms with Crippen molar-refractivity contribution in [3.63, 3.8) is 0 Å². The zero-order chi connectivity index (χ0) is 32.1. The van der Waals surface area contributed by atoms with Gasteiger partial charge < -0.3 is 25.2 Å². The number of fused-ring (bicyclic) bond motifs is 2. The Hall–Kier alpha value is -3.57. The number of aromatic nitrogens is 2. The summed E-state index contributed by atoms with van der Waals surface area (Å²) in [6.07, 6.45) is 2.03. The van der Waals surface area contributed by atoms with Crippen LogP contribution in [0, 0.1) is 23.0 Å². The molecular formula is C32H30ClF3N6O3S. The van der Waals surface area contributed by atoms with Crippen molar-refractivity contribution in [2.45, 2.75) is 62.4 Å². The number of nitriles is 1. The normalized spacial score (nSPS) is 27.4. The Bertz CT molecular complexity index is 1980. The number of thiophene rings is 1. The van der Waals surface area contributed by atoms with Gasteiger partial charge in [-0.1, -0.05) is 17.7 Å². The minimum atomic E-state index is -0.952. The maximum absolute atomic E-state index is 17.1. The van der Waals surface area contributed by atoms with Crippen LogP contribution in [-0.2, 0) is 0 Å². The van der Waals surface area contributed by atoms with E-state index in [9.17, 15) is 19.1 Å². The van der Waals surface area contributed by atoms with Gasteiger partial charge in [0.05, 0.1) is 38.4 Å². The highest BCUT2D eigenvalue weighted by atomic mass is 35.5. The molecule has 2 aromatic heterocycles. The van der Waals surface area contributed by atoms with Gasteiger partial charge in [-0.05, 0) is 50.8 Å². The van der Waals surface area contributed by atoms with Gasteiger partial charge >= 0.3 is 6.01 Å². The van der Waals surface area contributed by atoms with Gasteiger partial charge in [0.25, 0.3) is 0 Å². The average molecular weight is 671 g/mol. The summed E-state index contributed by atoms with van der Waals surface area (Å²) in [5, 5.41) is 20.9. The lowest BCUT2D eigenvalue weighted by Gasteiger charge is -2.47. The molecular weight excluding hydrogens is 641 g/mol. The molecule has 240 valence electrons. The summed E-state index contributed by atoms with van der Waals surface area (Å²) in [6, 6.07) is 4.39. The van der Waals surface area contributed by atoms with Crippen molar-refractivity contribution in [1.29, 1.82) is 5.26 Å². The van der Waals surface area contributed by atoms with Gasteiger partial charge in [-0.3, -0.25) is 4.90 Å². The number of aliphatic hydroxyl groups is 1. The molecule has 2 aromatic carbocycles. The monoisotopic (exact) mass is 670 g/mol. The van der Waals surface area contributed by atoms with Crippen LogP contribution >= 0.6 is 22.9 Å². The first-order chi connectivity index (χ1) is 22.0. The quantitative estimate of drug-likeness (QED) is 0.265. The van der Waals surface area contributed by atoms with E-state index in [1.165, 1.54) is 12.1 Å². The number of halogens is 4. The largest absolute Gasteiger partial charge is 0.489 e. The van der Waals surface area contributed by atoms with Gasteiger partial charge in [0.1, 0.15) is 47.6 Å². The summed E-state index contributed by atoms with van der Waals surface area (Å²) in [7, 11) is 0. The Morgan fingerprint density at radius 2 is 2.04 bits per heavy atom. The van der Waals surface area contributed by atoms with Gasteiger partial charge in [-0.15, -0.1) is 11.3 Å². The summed E-state index contributed by atoms with van der Waals surface area (Å²) >= 11 is 7.88. The van der Waals surface area contributed by atoms with Crippen LogP contribution in [0.2, 0.25) is 5.02 Å². The first-order valence-electron chi connectivity index (χ1n) is 15.3. The van der Waals surface area contributed by atoms with Crippen LogP contribution in [0.5, 0.6) is 11.8 Å². The van der Waals surface area contributed by atoms with E-state index in [1.54, 1.807) is 6.92 Å². The minimum absolute atomic E-state index is 0.0237. The van der Waals surface area contributed by atoms with Crippen LogP contribution in [-0.4, -0.2) is 76.2 Å². The van der Waals surface area contributed by atoms with Crippen LogP contribution < -0.4 is 20.1 Å². The fraction of sp³-hybridized carbons (Fsp3) is 0.469. The van der Waals surface area contributed by atoms with Gasteiger partial charge in [-0.25, -0.2) is 13.2 Å². The topological polar surface area (TPSA) is 121 Å². The number of alkyl halides is 1. The number of nitrogen functional groups attached to an aromatic ring is 1. The molecule has 5 heterocycles. The number of rotatable bonds is 5. The van der Waals surface area contributed by atoms with E-state index < -0.39 is 28.9 Å². The number of benzene rings is 2. The van der Waals surface area contributed by atoms with E-state index in [0.29, 0.717) is 38.2 Å². The lowest BCUT2D eigenvalue weighted by Crippen LogP contribution is -2.54. The van der Waals surface area contributed by atoms with E-state index in [1.807, 2.05) is 11.0 Å². The standard InChI is InChI=1S/C32H30ClF3N6O3S/c1-31(43)10-16(11-31)42-7-8-44-26-22-25(39-30(40-29(22)42)45-14-32-5-2-6-41(32)13-15(34)9-32)24(36)21(23(26)33)17-3-4-19(35)27-20(17)18(12-37)28(38)46-27/h3-4,15-16,43H,2,5-11,13-14,38H2,1H3/t15-,16?,31?,32+/m1/s1. The summed E-state index contributed by atoms with van der Waals surface area (Å²) in [4.78, 5) is 13.4. The molecule has 0 unspecified atom stereocenters. The van der Waals surface area contributed by atoms with Crippen LogP contribution in [0.3, 0.4) is 0 Å². The first-order valence-corrected chi connectivity index (χ1v) is 16.5. The predicted octanol–water partition coefficient (Wildman–Crippen LogP) is 5.96. The molecule has 1 aliphatic carbocycles. The highest BCUT2D eigenvalue weighted by molar-refractivity contribution is 7.23. The Balaban J connectivity index is 1.33. The zero-order valence-corrected chi connectivity index (χ0v) is 26.5. The second kappa shape index (κ2) is 10.5. The van der Waals surface area contributed by atoms with E-state index >= 15 is 4.39 Å². The Morgan fingerprint density at radius 3 is 2.80 bits per heavy atom. The van der Waals surface area contributed by atoms with Crippen molar-refractivity contribution in [3.05, 3.63) is 34.4 Å². The van der Waals surface area contributed by atoms with Gasteiger partial charge in [0, 0.05) is 30.0 Å². The lowest BCUT2D eigenvalue weighted by atomic mass is 9.76. The molecule has 1 saturated carbocycles. The van der Waals surface area contributed by atoms with Gasteiger partial charge in [-0.2, -0.15) is 15.2 Å². The zero-order valence-electron chi connectivity index (χ0n) is 24.9. The van der Waals surface area contributed by atoms with E-state index in [2.05, 4.69) is 9.88 Å². The van der Waals surface area contributed by atoms with Crippen molar-refractivity contribution in [2.75, 3.05) is 43.5 Å². The first kappa shape index (κ1) is 29.8. The molecule has 0 spiro atoms. The van der Waals surface area contributed by atoms with Crippen LogP contribution in [0.15, 0.2) is 12.1 Å². The molecule has 2 atom stereocenters. The van der Waals surface area contributed by atoms with Crippen molar-refractivity contribution >= 4 is 54.7 Å². The average Bonchev–Trinajstić information content (AvgIpc) is 3.59. The molecule has 0 radical (unpaired) electrons. The summed E-state index contributed by atoms with van der Waals surface area (Å²) in [6.45, 7) is 3.58. The van der Waals surface area contributed by atoms with Crippen LogP contribution in [0.1, 0.15) is 44.6 Å². The number of hydrogen-bond donors (Lipinski definition) is 2. The summed E-state index contributed by atoms with van der Waals surface area (Å²) < 4.78 is 59.0. The SMILES string of the molecule is CC1(O)CC(N2CCOc3c(Cl)c(-c4ccc(F)c5sc(N)c(C#N)c45)c(F)c4nc(OC[C@@]56CCCN5C[C@H](F)C6)nc2c34)C1. The number of nitrogens with two attached hydrogens (primary N) is 1. The second-order valence-electron chi connectivity index (χ2n) is 13.1. The number of anilines is 2. The molecule has 3 fully saturated rings. The van der Waals surface area contributed by atoms with Crippen molar-refractivity contribution < 1.29 is 27.8 Å². The van der Waals surface area contributed by atoms with Crippen molar-refractivity contribution in [1.82, 2.24) is 14.9 Å². The summed E-state index contributed by atoms with van der Waals surface area (Å²) in [5.74, 6) is -0.911. The fourth-order valence-electron chi connectivity index (χ4n) is 7.92. The summed E-state index contributed by atoms with van der Waals surface area (Å²) in [5.41, 5.74) is 4.70. The maximum atomic E-state index is 17.1. The molecule has 14 heteroatoms.